The van der Waals surface area contributed by atoms with Gasteiger partial charge >= 0.3 is 6.18 Å². The van der Waals surface area contributed by atoms with Gasteiger partial charge in [-0.2, -0.15) is 13.2 Å². The Hall–Kier alpha value is -2.36. The van der Waals surface area contributed by atoms with Crippen LogP contribution in [0, 0.1) is 5.82 Å². The fourth-order valence-corrected chi connectivity index (χ4v) is 3.39. The molecule has 0 radical (unpaired) electrons. The van der Waals surface area contributed by atoms with E-state index in [0.717, 1.165) is 6.07 Å². The van der Waals surface area contributed by atoms with Gasteiger partial charge in [-0.15, -0.1) is 0 Å². The molecule has 1 saturated heterocycles. The topological polar surface area (TPSA) is 45.2 Å². The number of hydrogen-bond acceptors (Lipinski definition) is 5. The fourth-order valence-electron chi connectivity index (χ4n) is 3.39. The largest absolute Gasteiger partial charge is 0.491 e. The van der Waals surface area contributed by atoms with Crippen molar-refractivity contribution in [1.82, 2.24) is 4.90 Å². The molecule has 1 aliphatic heterocycles. The first-order valence-electron chi connectivity index (χ1n) is 10.1. The van der Waals surface area contributed by atoms with Crippen molar-refractivity contribution in [1.29, 1.82) is 0 Å². The molecule has 0 amide bonds. The highest BCUT2D eigenvalue weighted by molar-refractivity contribution is 5.49. The molecule has 2 aromatic rings. The van der Waals surface area contributed by atoms with Crippen molar-refractivity contribution in [2.75, 3.05) is 57.4 Å². The van der Waals surface area contributed by atoms with Crippen LogP contribution < -0.4 is 9.64 Å². The molecule has 0 spiro atoms. The number of ether oxygens (including phenoxy) is 2. The summed E-state index contributed by atoms with van der Waals surface area (Å²) in [5.41, 5.74) is -0.0945. The highest BCUT2D eigenvalue weighted by atomic mass is 19.4. The van der Waals surface area contributed by atoms with Crippen LogP contribution in [0.5, 0.6) is 5.75 Å². The molecule has 1 N–H and O–H groups in total. The summed E-state index contributed by atoms with van der Waals surface area (Å²) in [7, 11) is 0. The molecular formula is C22H26F4N2O3. The molecule has 1 aliphatic rings. The number of piperazine rings is 1. The van der Waals surface area contributed by atoms with Crippen LogP contribution in [0.15, 0.2) is 48.5 Å². The highest BCUT2D eigenvalue weighted by Crippen LogP contribution is 2.31. The van der Waals surface area contributed by atoms with Crippen molar-refractivity contribution in [3.63, 3.8) is 0 Å². The molecule has 9 heteroatoms. The summed E-state index contributed by atoms with van der Waals surface area (Å²) in [6.07, 6.45) is -5.03. The second-order valence-electron chi connectivity index (χ2n) is 7.37. The molecular weight excluding hydrogens is 416 g/mol. The molecule has 3 rings (SSSR count). The lowest BCUT2D eigenvalue weighted by Gasteiger charge is -2.37. The molecule has 170 valence electrons. The van der Waals surface area contributed by atoms with Crippen molar-refractivity contribution >= 4 is 5.69 Å². The number of halogens is 4. The van der Waals surface area contributed by atoms with Crippen LogP contribution in [-0.2, 0) is 10.9 Å². The molecule has 0 bridgehead atoms. The Bertz CT molecular complexity index is 809. The second kappa shape index (κ2) is 10.8. The van der Waals surface area contributed by atoms with Gasteiger partial charge < -0.3 is 19.5 Å². The first-order valence-corrected chi connectivity index (χ1v) is 10.1. The quantitative estimate of drug-likeness (QED) is 0.476. The smallest absolute Gasteiger partial charge is 0.416 e. The number of alkyl halides is 3. The Balaban J connectivity index is 1.32. The summed E-state index contributed by atoms with van der Waals surface area (Å²) in [6.45, 7) is 3.60. The number of hydrogen-bond donors (Lipinski definition) is 1. The van der Waals surface area contributed by atoms with E-state index in [1.807, 2.05) is 4.90 Å². The SMILES string of the molecule is O[C@@H](COCCOc1ccc(F)cc1)CN1CCN(c2cccc(C(F)(F)F)c2)CC1. The zero-order valence-corrected chi connectivity index (χ0v) is 17.0. The van der Waals surface area contributed by atoms with Gasteiger partial charge in [0, 0.05) is 38.4 Å². The van der Waals surface area contributed by atoms with Gasteiger partial charge in [-0.25, -0.2) is 4.39 Å². The first-order chi connectivity index (χ1) is 14.8. The van der Waals surface area contributed by atoms with Crippen molar-refractivity contribution < 1.29 is 32.1 Å². The third-order valence-corrected chi connectivity index (χ3v) is 5.00. The van der Waals surface area contributed by atoms with Crippen LogP contribution in [0.25, 0.3) is 0 Å². The normalized spacial score (nSPS) is 16.4. The zero-order chi connectivity index (χ0) is 22.3. The summed E-state index contributed by atoms with van der Waals surface area (Å²) in [5, 5.41) is 10.2. The Morgan fingerprint density at radius 3 is 2.35 bits per heavy atom. The van der Waals surface area contributed by atoms with E-state index in [2.05, 4.69) is 4.90 Å². The number of anilines is 1. The van der Waals surface area contributed by atoms with Crippen molar-refractivity contribution in [2.24, 2.45) is 0 Å². The van der Waals surface area contributed by atoms with Crippen LogP contribution in [0.4, 0.5) is 23.2 Å². The van der Waals surface area contributed by atoms with E-state index in [4.69, 9.17) is 9.47 Å². The number of benzene rings is 2. The Morgan fingerprint density at radius 2 is 1.68 bits per heavy atom. The van der Waals surface area contributed by atoms with Gasteiger partial charge in [0.05, 0.1) is 24.9 Å². The highest BCUT2D eigenvalue weighted by Gasteiger charge is 2.31. The van der Waals surface area contributed by atoms with E-state index in [0.29, 0.717) is 44.2 Å². The van der Waals surface area contributed by atoms with E-state index in [9.17, 15) is 22.7 Å². The lowest BCUT2D eigenvalue weighted by Crippen LogP contribution is -2.49. The van der Waals surface area contributed by atoms with Crippen LogP contribution in [0.2, 0.25) is 0 Å². The van der Waals surface area contributed by atoms with Gasteiger partial charge in [0.2, 0.25) is 0 Å². The minimum atomic E-state index is -4.36. The predicted octanol–water partition coefficient (Wildman–Crippen LogP) is 3.42. The average molecular weight is 442 g/mol. The van der Waals surface area contributed by atoms with E-state index >= 15 is 0 Å². The molecule has 0 unspecified atom stereocenters. The minimum absolute atomic E-state index is 0.153. The summed E-state index contributed by atoms with van der Waals surface area (Å²) >= 11 is 0. The van der Waals surface area contributed by atoms with Crippen LogP contribution >= 0.6 is 0 Å². The molecule has 2 aromatic carbocycles. The summed E-state index contributed by atoms with van der Waals surface area (Å²) in [5.74, 6) is 0.214. The Kier molecular flexibility index (Phi) is 8.11. The third kappa shape index (κ3) is 7.37. The standard InChI is InChI=1S/C22H26F4N2O3/c23-18-4-6-21(7-5-18)31-13-12-30-16-20(29)15-27-8-10-28(11-9-27)19-3-1-2-17(14-19)22(24,25)26/h1-7,14,20,29H,8-13,15-16H2/t20-/m1/s1. The number of β-amino-alcohol motifs (C(OH)–C–C–N with tert-alkyl or cyclic N) is 1. The maximum atomic E-state index is 12.9. The average Bonchev–Trinajstić information content (AvgIpc) is 2.75. The van der Waals surface area contributed by atoms with Gasteiger partial charge in [0.15, 0.2) is 0 Å². The van der Waals surface area contributed by atoms with Crippen LogP contribution in [0.3, 0.4) is 0 Å². The maximum Gasteiger partial charge on any atom is 0.416 e. The summed E-state index contributed by atoms with van der Waals surface area (Å²) in [4.78, 5) is 3.98. The van der Waals surface area contributed by atoms with Gasteiger partial charge in [-0.05, 0) is 42.5 Å². The number of aliphatic hydroxyl groups is 1. The second-order valence-corrected chi connectivity index (χ2v) is 7.37. The van der Waals surface area contributed by atoms with E-state index in [1.165, 1.54) is 36.4 Å². The lowest BCUT2D eigenvalue weighted by molar-refractivity contribution is -0.137. The molecule has 1 fully saturated rings. The van der Waals surface area contributed by atoms with E-state index in [-0.39, 0.29) is 25.6 Å². The Morgan fingerprint density at radius 1 is 0.968 bits per heavy atom. The number of nitrogens with zero attached hydrogens (tertiary/aromatic N) is 2. The van der Waals surface area contributed by atoms with Gasteiger partial charge in [-0.1, -0.05) is 6.07 Å². The molecule has 0 aromatic heterocycles. The summed E-state index contributed by atoms with van der Waals surface area (Å²) in [6, 6.07) is 11.0. The molecule has 1 atom stereocenters. The number of aliphatic hydroxyl groups excluding tert-OH is 1. The van der Waals surface area contributed by atoms with Gasteiger partial charge in [-0.3, -0.25) is 4.90 Å². The molecule has 0 aliphatic carbocycles. The van der Waals surface area contributed by atoms with Crippen molar-refractivity contribution in [3.05, 3.63) is 59.9 Å². The summed E-state index contributed by atoms with van der Waals surface area (Å²) < 4.78 is 62.4. The van der Waals surface area contributed by atoms with Crippen LogP contribution in [-0.4, -0.2) is 68.7 Å². The molecule has 5 nitrogen and oxygen atoms in total. The fraction of sp³-hybridized carbons (Fsp3) is 0.455. The van der Waals surface area contributed by atoms with E-state index < -0.39 is 17.8 Å². The maximum absolute atomic E-state index is 12.9. The predicted molar refractivity (Wildman–Crippen MR) is 109 cm³/mol. The van der Waals surface area contributed by atoms with Crippen molar-refractivity contribution in [2.45, 2.75) is 12.3 Å². The molecule has 31 heavy (non-hydrogen) atoms. The third-order valence-electron chi connectivity index (χ3n) is 5.00. The monoisotopic (exact) mass is 442 g/mol. The zero-order valence-electron chi connectivity index (χ0n) is 17.0. The first kappa shape index (κ1) is 23.3. The van der Waals surface area contributed by atoms with Gasteiger partial charge in [0.25, 0.3) is 0 Å². The van der Waals surface area contributed by atoms with Crippen LogP contribution in [0.1, 0.15) is 5.56 Å². The molecule has 0 saturated carbocycles. The Labute approximate surface area is 178 Å². The van der Waals surface area contributed by atoms with Crippen molar-refractivity contribution in [3.8, 4) is 5.75 Å². The van der Waals surface area contributed by atoms with Gasteiger partial charge in [0.1, 0.15) is 18.2 Å². The minimum Gasteiger partial charge on any atom is -0.491 e. The number of rotatable bonds is 9. The lowest BCUT2D eigenvalue weighted by atomic mass is 10.1. The molecule has 1 heterocycles. The van der Waals surface area contributed by atoms with E-state index in [1.54, 1.807) is 6.07 Å².